The van der Waals surface area contributed by atoms with Crippen molar-refractivity contribution in [1.29, 1.82) is 0 Å². The predicted octanol–water partition coefficient (Wildman–Crippen LogP) is 0.488. The number of aromatic nitrogens is 1. The zero-order valence-corrected chi connectivity index (χ0v) is 8.34. The van der Waals surface area contributed by atoms with Gasteiger partial charge in [-0.15, -0.1) is 6.58 Å². The molecule has 0 aliphatic heterocycles. The topological polar surface area (TPSA) is 111 Å². The number of anilines is 1. The van der Waals surface area contributed by atoms with E-state index in [1.807, 2.05) is 0 Å². The highest BCUT2D eigenvalue weighted by molar-refractivity contribution is 6.00. The summed E-state index contributed by atoms with van der Waals surface area (Å²) in [5.74, 6) is -1.02. The summed E-state index contributed by atoms with van der Waals surface area (Å²) in [5.41, 5.74) is 5.26. The lowest BCUT2D eigenvalue weighted by Crippen LogP contribution is -2.24. The van der Waals surface area contributed by atoms with Crippen LogP contribution in [-0.2, 0) is 0 Å². The number of nitrogen functional groups attached to an aromatic ring is 1. The van der Waals surface area contributed by atoms with Crippen LogP contribution in [0, 0.1) is 10.1 Å². The number of nitro groups is 1. The van der Waals surface area contributed by atoms with E-state index in [2.05, 4.69) is 16.9 Å². The molecule has 0 spiro atoms. The van der Waals surface area contributed by atoms with Gasteiger partial charge in [0.1, 0.15) is 11.9 Å². The lowest BCUT2D eigenvalue weighted by Gasteiger charge is -2.04. The Balaban J connectivity index is 3.05. The van der Waals surface area contributed by atoms with Crippen LogP contribution in [0.25, 0.3) is 0 Å². The molecular weight excluding hydrogens is 212 g/mol. The summed E-state index contributed by atoms with van der Waals surface area (Å²) in [7, 11) is 0. The molecule has 0 aliphatic carbocycles. The molecule has 0 radical (unpaired) electrons. The van der Waals surface area contributed by atoms with Gasteiger partial charge in [-0.05, 0) is 16.0 Å². The van der Waals surface area contributed by atoms with Gasteiger partial charge in [0.25, 0.3) is 5.91 Å². The Bertz CT molecular complexity index is 444. The van der Waals surface area contributed by atoms with Crippen molar-refractivity contribution in [3.63, 3.8) is 0 Å². The number of nitrogens with zero attached hydrogens (tertiary/aromatic N) is 2. The Morgan fingerprint density at radius 1 is 1.75 bits per heavy atom. The Labute approximate surface area is 91.1 Å². The molecule has 0 saturated carbocycles. The van der Waals surface area contributed by atoms with Crippen LogP contribution in [0.4, 0.5) is 11.5 Å². The first kappa shape index (κ1) is 11.6. The minimum absolute atomic E-state index is 0.0311. The first-order valence-electron chi connectivity index (χ1n) is 4.36. The molecule has 16 heavy (non-hydrogen) atoms. The minimum atomic E-state index is -0.736. The zero-order chi connectivity index (χ0) is 12.1. The number of carbonyl (C=O) groups excluding carboxylic acids is 1. The van der Waals surface area contributed by atoms with Gasteiger partial charge in [-0.2, -0.15) is 0 Å². The van der Waals surface area contributed by atoms with Crippen LogP contribution in [0.15, 0.2) is 24.9 Å². The van der Waals surface area contributed by atoms with Gasteiger partial charge in [-0.3, -0.25) is 4.79 Å². The fraction of sp³-hybridized carbons (Fsp3) is 0.111. The van der Waals surface area contributed by atoms with Crippen molar-refractivity contribution in [1.82, 2.24) is 10.3 Å². The maximum absolute atomic E-state index is 11.5. The van der Waals surface area contributed by atoms with E-state index in [1.165, 1.54) is 12.1 Å². The Morgan fingerprint density at radius 2 is 2.44 bits per heavy atom. The Kier molecular flexibility index (Phi) is 3.54. The van der Waals surface area contributed by atoms with Crippen molar-refractivity contribution < 1.29 is 9.72 Å². The largest absolute Gasteiger partial charge is 0.391 e. The molecule has 0 saturated heterocycles. The van der Waals surface area contributed by atoms with E-state index in [9.17, 15) is 14.9 Å². The summed E-state index contributed by atoms with van der Waals surface area (Å²) in [6.07, 6.45) is 2.65. The molecule has 0 bridgehead atoms. The molecule has 1 amide bonds. The quantitative estimate of drug-likeness (QED) is 0.437. The summed E-state index contributed by atoms with van der Waals surface area (Å²) in [6, 6.07) is 1.32. The van der Waals surface area contributed by atoms with Crippen LogP contribution in [0.2, 0.25) is 0 Å². The summed E-state index contributed by atoms with van der Waals surface area (Å²) in [6.45, 7) is 3.69. The molecule has 7 nitrogen and oxygen atoms in total. The number of amides is 1. The average molecular weight is 222 g/mol. The van der Waals surface area contributed by atoms with Crippen LogP contribution in [0.5, 0.6) is 0 Å². The monoisotopic (exact) mass is 222 g/mol. The van der Waals surface area contributed by atoms with E-state index in [0.29, 0.717) is 0 Å². The van der Waals surface area contributed by atoms with Gasteiger partial charge < -0.3 is 21.2 Å². The molecule has 0 aromatic carbocycles. The van der Waals surface area contributed by atoms with E-state index in [4.69, 9.17) is 5.73 Å². The van der Waals surface area contributed by atoms with E-state index < -0.39 is 16.6 Å². The first-order valence-corrected chi connectivity index (χ1v) is 4.36. The number of pyridine rings is 1. The normalized spacial score (nSPS) is 9.50. The van der Waals surface area contributed by atoms with Crippen molar-refractivity contribution in [2.75, 3.05) is 12.3 Å². The molecule has 0 atom stereocenters. The average Bonchev–Trinajstić information content (AvgIpc) is 2.25. The number of nitrogens with one attached hydrogen (secondary N) is 1. The molecule has 84 valence electrons. The van der Waals surface area contributed by atoms with Gasteiger partial charge >= 0.3 is 5.82 Å². The second-order valence-electron chi connectivity index (χ2n) is 2.85. The summed E-state index contributed by atoms with van der Waals surface area (Å²) in [5, 5.41) is 13.0. The molecule has 1 aromatic heterocycles. The molecular formula is C9H10N4O3. The molecule has 0 unspecified atom stereocenters. The highest BCUT2D eigenvalue weighted by Crippen LogP contribution is 2.21. The van der Waals surface area contributed by atoms with Crippen LogP contribution < -0.4 is 11.1 Å². The Morgan fingerprint density at radius 3 is 3.00 bits per heavy atom. The van der Waals surface area contributed by atoms with Crippen molar-refractivity contribution in [2.24, 2.45) is 0 Å². The lowest BCUT2D eigenvalue weighted by molar-refractivity contribution is -0.388. The number of hydrogen-bond acceptors (Lipinski definition) is 5. The maximum Gasteiger partial charge on any atom is 0.387 e. The third-order valence-corrected chi connectivity index (χ3v) is 1.79. The summed E-state index contributed by atoms with van der Waals surface area (Å²) >= 11 is 0. The first-order chi connectivity index (χ1) is 7.57. The van der Waals surface area contributed by atoms with Crippen molar-refractivity contribution >= 4 is 17.4 Å². The van der Waals surface area contributed by atoms with Gasteiger partial charge in [0.2, 0.25) is 0 Å². The molecule has 1 rings (SSSR count). The highest BCUT2D eigenvalue weighted by atomic mass is 16.6. The van der Waals surface area contributed by atoms with E-state index in [0.717, 1.165) is 6.20 Å². The van der Waals surface area contributed by atoms with Gasteiger partial charge in [-0.1, -0.05) is 6.08 Å². The SMILES string of the molecule is C=CCNC(=O)c1ccnc([N+](=O)[O-])c1N. The second-order valence-corrected chi connectivity index (χ2v) is 2.85. The number of carbonyl (C=O) groups is 1. The van der Waals surface area contributed by atoms with Crippen molar-refractivity contribution in [3.05, 3.63) is 40.6 Å². The maximum atomic E-state index is 11.5. The van der Waals surface area contributed by atoms with Gasteiger partial charge in [0.15, 0.2) is 0 Å². The molecule has 0 aliphatic rings. The summed E-state index contributed by atoms with van der Waals surface area (Å²) in [4.78, 5) is 24.8. The summed E-state index contributed by atoms with van der Waals surface area (Å²) < 4.78 is 0. The van der Waals surface area contributed by atoms with Crippen molar-refractivity contribution in [2.45, 2.75) is 0 Å². The van der Waals surface area contributed by atoms with Crippen LogP contribution >= 0.6 is 0 Å². The third kappa shape index (κ3) is 2.32. The smallest absolute Gasteiger partial charge is 0.387 e. The standard InChI is InChI=1S/C9H10N4O3/c1-2-4-12-9(14)6-3-5-11-8(7(6)10)13(15)16/h2-3,5H,1,4,10H2,(H,12,14). The Hall–Kier alpha value is -2.44. The predicted molar refractivity (Wildman–Crippen MR) is 57.8 cm³/mol. The number of nitrogens with two attached hydrogens (primary N) is 1. The molecule has 0 fully saturated rings. The van der Waals surface area contributed by atoms with E-state index in [-0.39, 0.29) is 17.8 Å². The molecule has 1 aromatic rings. The second kappa shape index (κ2) is 4.87. The van der Waals surface area contributed by atoms with E-state index >= 15 is 0 Å². The fourth-order valence-corrected chi connectivity index (χ4v) is 1.07. The van der Waals surface area contributed by atoms with Crippen LogP contribution in [-0.4, -0.2) is 22.4 Å². The lowest BCUT2D eigenvalue weighted by atomic mass is 10.2. The van der Waals surface area contributed by atoms with Crippen LogP contribution in [0.1, 0.15) is 10.4 Å². The zero-order valence-electron chi connectivity index (χ0n) is 8.34. The third-order valence-electron chi connectivity index (χ3n) is 1.79. The molecule has 1 heterocycles. The van der Waals surface area contributed by atoms with Gasteiger partial charge in [0, 0.05) is 6.54 Å². The molecule has 7 heteroatoms. The van der Waals surface area contributed by atoms with Crippen LogP contribution in [0.3, 0.4) is 0 Å². The number of hydrogen-bond donors (Lipinski definition) is 2. The van der Waals surface area contributed by atoms with Gasteiger partial charge in [0.05, 0.1) is 5.56 Å². The number of rotatable bonds is 4. The van der Waals surface area contributed by atoms with E-state index in [1.54, 1.807) is 0 Å². The van der Waals surface area contributed by atoms with Gasteiger partial charge in [-0.25, -0.2) is 0 Å². The fourth-order valence-electron chi connectivity index (χ4n) is 1.07. The molecule has 3 N–H and O–H groups in total. The van der Waals surface area contributed by atoms with Crippen molar-refractivity contribution in [3.8, 4) is 0 Å². The highest BCUT2D eigenvalue weighted by Gasteiger charge is 2.20. The minimum Gasteiger partial charge on any atom is -0.391 e.